The highest BCUT2D eigenvalue weighted by molar-refractivity contribution is 5.79. The Balaban J connectivity index is 2.06. The fourth-order valence-electron chi connectivity index (χ4n) is 1.09. The molecule has 4 N–H and O–H groups in total. The van der Waals surface area contributed by atoms with Crippen LogP contribution in [-0.2, 0) is 4.79 Å². The molecule has 0 bridgehead atoms. The second-order valence-electron chi connectivity index (χ2n) is 2.84. The number of rotatable bonds is 3. The van der Waals surface area contributed by atoms with Crippen molar-refractivity contribution in [2.75, 3.05) is 13.1 Å². The van der Waals surface area contributed by atoms with Crippen LogP contribution in [0.1, 0.15) is 13.3 Å². The van der Waals surface area contributed by atoms with E-state index in [4.69, 9.17) is 5.73 Å². The van der Waals surface area contributed by atoms with Gasteiger partial charge in [-0.25, -0.2) is 0 Å². The second-order valence-corrected chi connectivity index (χ2v) is 2.84. The number of carbonyl (C=O) groups is 1. The Kier molecular flexibility index (Phi) is 2.90. The summed E-state index contributed by atoms with van der Waals surface area (Å²) in [5.74, 6) is 0.504. The third-order valence-electron chi connectivity index (χ3n) is 1.70. The molecule has 0 fully saturated rings. The van der Waals surface area contributed by atoms with Gasteiger partial charge >= 0.3 is 0 Å². The summed E-state index contributed by atoms with van der Waals surface area (Å²) in [7, 11) is 0. The van der Waals surface area contributed by atoms with Crippen molar-refractivity contribution >= 4 is 11.9 Å². The van der Waals surface area contributed by atoms with E-state index < -0.39 is 0 Å². The lowest BCUT2D eigenvalue weighted by molar-refractivity contribution is -0.118. The summed E-state index contributed by atoms with van der Waals surface area (Å²) in [5.41, 5.74) is 5.41. The van der Waals surface area contributed by atoms with Gasteiger partial charge < -0.3 is 16.4 Å². The third kappa shape index (κ3) is 2.77. The zero-order valence-electron chi connectivity index (χ0n) is 7.13. The summed E-state index contributed by atoms with van der Waals surface area (Å²) in [6, 6.07) is 0.289. The largest absolute Gasteiger partial charge is 0.370 e. The molecular weight excluding hydrogens is 156 g/mol. The van der Waals surface area contributed by atoms with Gasteiger partial charge in [0.2, 0.25) is 5.91 Å². The molecule has 1 amide bonds. The molecule has 1 aliphatic rings. The topological polar surface area (TPSA) is 79.5 Å². The molecule has 68 valence electrons. The summed E-state index contributed by atoms with van der Waals surface area (Å²) in [5, 5.41) is 5.72. The highest BCUT2D eigenvalue weighted by Gasteiger charge is 2.13. The normalized spacial score (nSPS) is 21.4. The minimum absolute atomic E-state index is 0.00175. The van der Waals surface area contributed by atoms with Crippen molar-refractivity contribution in [2.24, 2.45) is 10.7 Å². The van der Waals surface area contributed by atoms with Crippen molar-refractivity contribution in [2.45, 2.75) is 19.4 Å². The van der Waals surface area contributed by atoms with Gasteiger partial charge in [-0.05, 0) is 6.42 Å². The first-order chi connectivity index (χ1) is 5.68. The molecule has 1 atom stereocenters. The highest BCUT2D eigenvalue weighted by atomic mass is 16.1. The minimum Gasteiger partial charge on any atom is -0.370 e. The Morgan fingerprint density at radius 1 is 1.92 bits per heavy atom. The van der Waals surface area contributed by atoms with Crippen LogP contribution in [0.25, 0.3) is 0 Å². The first-order valence-corrected chi connectivity index (χ1v) is 3.99. The Morgan fingerprint density at radius 2 is 2.67 bits per heavy atom. The van der Waals surface area contributed by atoms with E-state index in [1.807, 2.05) is 0 Å². The molecular formula is C7H14N4O. The van der Waals surface area contributed by atoms with Gasteiger partial charge in [-0.3, -0.25) is 9.79 Å². The van der Waals surface area contributed by atoms with Crippen molar-refractivity contribution in [1.29, 1.82) is 0 Å². The molecule has 0 aromatic heterocycles. The molecule has 1 aliphatic heterocycles. The van der Waals surface area contributed by atoms with Gasteiger partial charge in [0.1, 0.15) is 0 Å². The number of hydrogen-bond acceptors (Lipinski definition) is 4. The van der Waals surface area contributed by atoms with Gasteiger partial charge in [-0.15, -0.1) is 0 Å². The maximum atomic E-state index is 10.5. The standard InChI is InChI=1S/C7H14N4O/c1-5(12)9-3-2-6-4-10-7(8)11-6/h6H,2-4H2,1H3,(H,9,12)(H3,8,10,11)/t6-/m0/s1. The third-order valence-corrected chi connectivity index (χ3v) is 1.70. The molecule has 5 nitrogen and oxygen atoms in total. The SMILES string of the molecule is CC(=O)NCC[C@H]1CN=C(N)N1. The van der Waals surface area contributed by atoms with Crippen molar-refractivity contribution in [1.82, 2.24) is 10.6 Å². The van der Waals surface area contributed by atoms with Crippen LogP contribution in [0.15, 0.2) is 4.99 Å². The van der Waals surface area contributed by atoms with Crippen molar-refractivity contribution in [3.8, 4) is 0 Å². The summed E-state index contributed by atoms with van der Waals surface area (Å²) in [4.78, 5) is 14.5. The predicted molar refractivity (Wildman–Crippen MR) is 46.7 cm³/mol. The molecule has 0 spiro atoms. The number of hydrogen-bond donors (Lipinski definition) is 3. The van der Waals surface area contributed by atoms with Gasteiger partial charge in [0.05, 0.1) is 12.6 Å². The second kappa shape index (κ2) is 3.94. The van der Waals surface area contributed by atoms with Crippen LogP contribution in [0.4, 0.5) is 0 Å². The van der Waals surface area contributed by atoms with Gasteiger partial charge in [0.25, 0.3) is 0 Å². The van der Waals surface area contributed by atoms with E-state index in [1.54, 1.807) is 0 Å². The molecule has 0 aromatic rings. The van der Waals surface area contributed by atoms with Gasteiger partial charge in [-0.1, -0.05) is 0 Å². The van der Waals surface area contributed by atoms with Crippen LogP contribution in [0.3, 0.4) is 0 Å². The number of guanidine groups is 1. The van der Waals surface area contributed by atoms with Crippen LogP contribution in [-0.4, -0.2) is 31.0 Å². The van der Waals surface area contributed by atoms with E-state index in [2.05, 4.69) is 15.6 Å². The maximum absolute atomic E-state index is 10.5. The highest BCUT2D eigenvalue weighted by Crippen LogP contribution is 1.96. The summed E-state index contributed by atoms with van der Waals surface area (Å²) in [6.07, 6.45) is 0.865. The minimum atomic E-state index is 0.00175. The quantitative estimate of drug-likeness (QED) is 0.497. The lowest BCUT2D eigenvalue weighted by Gasteiger charge is -2.09. The van der Waals surface area contributed by atoms with Crippen LogP contribution in [0.5, 0.6) is 0 Å². The van der Waals surface area contributed by atoms with E-state index in [0.29, 0.717) is 19.0 Å². The molecule has 12 heavy (non-hydrogen) atoms. The Morgan fingerprint density at radius 3 is 3.17 bits per heavy atom. The average Bonchev–Trinajstić information content (AvgIpc) is 2.35. The molecule has 0 saturated heterocycles. The van der Waals surface area contributed by atoms with E-state index in [9.17, 15) is 4.79 Å². The summed E-state index contributed by atoms with van der Waals surface area (Å²) >= 11 is 0. The molecule has 5 heteroatoms. The molecule has 0 aliphatic carbocycles. The summed E-state index contributed by atoms with van der Waals surface area (Å²) in [6.45, 7) is 2.90. The zero-order chi connectivity index (χ0) is 8.97. The van der Waals surface area contributed by atoms with E-state index >= 15 is 0 Å². The molecule has 1 heterocycles. The zero-order valence-corrected chi connectivity index (χ0v) is 7.13. The van der Waals surface area contributed by atoms with Crippen LogP contribution in [0, 0.1) is 0 Å². The monoisotopic (exact) mass is 170 g/mol. The van der Waals surface area contributed by atoms with Gasteiger partial charge in [0.15, 0.2) is 5.96 Å². The molecule has 0 aromatic carbocycles. The van der Waals surface area contributed by atoms with Crippen LogP contribution < -0.4 is 16.4 Å². The predicted octanol–water partition coefficient (Wildman–Crippen LogP) is -1.20. The number of amides is 1. The Labute approximate surface area is 71.4 Å². The lowest BCUT2D eigenvalue weighted by Crippen LogP contribution is -2.37. The fourth-order valence-corrected chi connectivity index (χ4v) is 1.09. The summed E-state index contributed by atoms with van der Waals surface area (Å²) < 4.78 is 0. The molecule has 1 rings (SSSR count). The van der Waals surface area contributed by atoms with Crippen molar-refractivity contribution in [3.63, 3.8) is 0 Å². The molecule has 0 saturated carbocycles. The lowest BCUT2D eigenvalue weighted by atomic mass is 10.2. The average molecular weight is 170 g/mol. The van der Waals surface area contributed by atoms with Crippen LogP contribution in [0.2, 0.25) is 0 Å². The van der Waals surface area contributed by atoms with E-state index in [0.717, 1.165) is 6.42 Å². The number of aliphatic imine (C=N–C) groups is 1. The van der Waals surface area contributed by atoms with Crippen molar-refractivity contribution < 1.29 is 4.79 Å². The Bertz CT molecular complexity index is 202. The molecule has 0 unspecified atom stereocenters. The van der Waals surface area contributed by atoms with Crippen LogP contribution >= 0.6 is 0 Å². The maximum Gasteiger partial charge on any atom is 0.216 e. The van der Waals surface area contributed by atoms with E-state index in [-0.39, 0.29) is 11.9 Å². The van der Waals surface area contributed by atoms with E-state index in [1.165, 1.54) is 6.92 Å². The first-order valence-electron chi connectivity index (χ1n) is 3.99. The first kappa shape index (κ1) is 8.83. The molecule has 0 radical (unpaired) electrons. The van der Waals surface area contributed by atoms with Gasteiger partial charge in [-0.2, -0.15) is 0 Å². The number of carbonyl (C=O) groups excluding carboxylic acids is 1. The number of nitrogens with zero attached hydrogens (tertiary/aromatic N) is 1. The van der Waals surface area contributed by atoms with Gasteiger partial charge in [0, 0.05) is 13.5 Å². The number of nitrogens with one attached hydrogen (secondary N) is 2. The Hall–Kier alpha value is -1.26. The van der Waals surface area contributed by atoms with Crippen molar-refractivity contribution in [3.05, 3.63) is 0 Å². The number of nitrogens with two attached hydrogens (primary N) is 1. The smallest absolute Gasteiger partial charge is 0.216 e. The fraction of sp³-hybridized carbons (Fsp3) is 0.714.